The number of nitrogens with zero attached hydrogens (tertiary/aromatic N) is 1. The fraction of sp³-hybridized carbons (Fsp3) is 0.450. The van der Waals surface area contributed by atoms with Crippen molar-refractivity contribution in [3.8, 4) is 5.75 Å². The van der Waals surface area contributed by atoms with E-state index in [4.69, 9.17) is 19.3 Å². The van der Waals surface area contributed by atoms with Crippen molar-refractivity contribution in [2.45, 2.75) is 65.8 Å². The summed E-state index contributed by atoms with van der Waals surface area (Å²) < 4.78 is 17.3. The molecule has 2 N–H and O–H groups in total. The third-order valence-corrected chi connectivity index (χ3v) is 8.34. The van der Waals surface area contributed by atoms with Crippen LogP contribution in [0.1, 0.15) is 91.1 Å². The van der Waals surface area contributed by atoms with Crippen LogP contribution in [0.4, 0.5) is 5.69 Å². The summed E-state index contributed by atoms with van der Waals surface area (Å²) in [5.74, 6) is 1.09. The first kappa shape index (κ1) is 42.0. The van der Waals surface area contributed by atoms with E-state index in [1.54, 1.807) is 44.6 Å². The number of amides is 1. The Hall–Kier alpha value is -3.98. The summed E-state index contributed by atoms with van der Waals surface area (Å²) >= 11 is 0. The Morgan fingerprint density at radius 1 is 0.833 bits per heavy atom. The zero-order valence-corrected chi connectivity index (χ0v) is 30.1. The Kier molecular flexibility index (Phi) is 22.0. The molecule has 0 radical (unpaired) electrons. The SMILES string of the molecule is C=C(OC)c1ccc(C[N+](CC)(CC)CCOC)cc1.CCCCCCCCOc1ccccc1C(=O)Nc1ccc(C=O)cc1.CO. The van der Waals surface area contributed by atoms with Crippen LogP contribution in [0.5, 0.6) is 5.75 Å². The Balaban J connectivity index is 0.000000471. The fourth-order valence-corrected chi connectivity index (χ4v) is 5.12. The van der Waals surface area contributed by atoms with E-state index in [1.165, 1.54) is 31.2 Å². The summed E-state index contributed by atoms with van der Waals surface area (Å²) in [6.45, 7) is 16.3. The van der Waals surface area contributed by atoms with E-state index in [9.17, 15) is 9.59 Å². The van der Waals surface area contributed by atoms with Crippen molar-refractivity contribution in [2.24, 2.45) is 0 Å². The molecule has 48 heavy (non-hydrogen) atoms. The number of benzene rings is 3. The smallest absolute Gasteiger partial charge is 0.259 e. The number of anilines is 1. The lowest BCUT2D eigenvalue weighted by Gasteiger charge is -2.36. The van der Waals surface area contributed by atoms with Gasteiger partial charge in [0.15, 0.2) is 0 Å². The largest absolute Gasteiger partial charge is 0.497 e. The molecule has 3 rings (SSSR count). The molecule has 0 saturated heterocycles. The molecule has 1 amide bonds. The van der Waals surface area contributed by atoms with Crippen LogP contribution < -0.4 is 10.1 Å². The predicted octanol–water partition coefficient (Wildman–Crippen LogP) is 8.41. The third-order valence-electron chi connectivity index (χ3n) is 8.34. The van der Waals surface area contributed by atoms with Gasteiger partial charge in [0.05, 0.1) is 39.0 Å². The maximum atomic E-state index is 12.5. The number of likely N-dealkylation sites (N-methyl/N-ethyl adjacent to an activating group) is 1. The van der Waals surface area contributed by atoms with Crippen molar-refractivity contribution in [3.05, 3.63) is 102 Å². The minimum absolute atomic E-state index is 0.220. The summed E-state index contributed by atoms with van der Waals surface area (Å²) in [5, 5.41) is 9.84. The molecule has 8 nitrogen and oxygen atoms in total. The number of ether oxygens (including phenoxy) is 3. The van der Waals surface area contributed by atoms with Gasteiger partial charge in [0.1, 0.15) is 30.9 Å². The quantitative estimate of drug-likeness (QED) is 0.0546. The lowest BCUT2D eigenvalue weighted by atomic mass is 10.1. The number of aliphatic hydroxyl groups is 1. The van der Waals surface area contributed by atoms with Crippen LogP contribution in [-0.2, 0) is 16.0 Å². The molecule has 8 heteroatoms. The van der Waals surface area contributed by atoms with Gasteiger partial charge in [-0.25, -0.2) is 0 Å². The van der Waals surface area contributed by atoms with Crippen LogP contribution >= 0.6 is 0 Å². The summed E-state index contributed by atoms with van der Waals surface area (Å²) in [7, 11) is 4.42. The number of rotatable bonds is 20. The first-order chi connectivity index (χ1) is 23.3. The number of unbranched alkanes of at least 4 members (excludes halogenated alkanes) is 5. The molecule has 264 valence electrons. The summed E-state index contributed by atoms with van der Waals surface area (Å²) in [4.78, 5) is 23.2. The maximum Gasteiger partial charge on any atom is 0.259 e. The van der Waals surface area contributed by atoms with Gasteiger partial charge in [-0.3, -0.25) is 9.59 Å². The maximum absolute atomic E-state index is 12.5. The van der Waals surface area contributed by atoms with Crippen LogP contribution in [0.3, 0.4) is 0 Å². The molecule has 0 aliphatic heterocycles. The molecule has 0 bridgehead atoms. The number of aldehydes is 1. The average Bonchev–Trinajstić information content (AvgIpc) is 3.14. The van der Waals surface area contributed by atoms with Gasteiger partial charge in [-0.1, -0.05) is 82.0 Å². The number of hydrogen-bond acceptors (Lipinski definition) is 6. The zero-order valence-electron chi connectivity index (χ0n) is 30.1. The molecule has 0 spiro atoms. The standard InChI is InChI=1S/C22H27NO3.C17H28NO2.CH4O/c1-2-3-4-5-6-9-16-26-21-11-8-7-10-20(21)22(25)23-19-14-12-18(17-24)13-15-19;1-6-18(7-2,12-13-19-4)14-16-8-10-17(11-9-16)15(3)20-5;1-2/h7-8,10-15,17H,2-6,9,16H2,1H3,(H,23,25);8-11H,3,6-7,12-14H2,1-2,4-5H3;2H,1H3/q;+1;. The summed E-state index contributed by atoms with van der Waals surface area (Å²) in [6, 6.07) is 22.5. The normalized spacial score (nSPS) is 10.5. The molecule has 0 aliphatic rings. The topological polar surface area (TPSA) is 94.1 Å². The minimum Gasteiger partial charge on any atom is -0.497 e. The lowest BCUT2D eigenvalue weighted by molar-refractivity contribution is -0.938. The highest BCUT2D eigenvalue weighted by molar-refractivity contribution is 6.06. The first-order valence-corrected chi connectivity index (χ1v) is 17.0. The molecular weight excluding hydrogens is 604 g/mol. The van der Waals surface area contributed by atoms with Crippen LogP contribution in [0, 0.1) is 0 Å². The summed E-state index contributed by atoms with van der Waals surface area (Å²) in [6.07, 6.45) is 7.96. The van der Waals surface area contributed by atoms with Crippen molar-refractivity contribution in [2.75, 3.05) is 59.5 Å². The van der Waals surface area contributed by atoms with Crippen molar-refractivity contribution in [3.63, 3.8) is 0 Å². The van der Waals surface area contributed by atoms with E-state index >= 15 is 0 Å². The molecular formula is C40H59N2O6+. The highest BCUT2D eigenvalue weighted by atomic mass is 16.5. The van der Waals surface area contributed by atoms with E-state index in [1.807, 2.05) is 18.2 Å². The van der Waals surface area contributed by atoms with Crippen molar-refractivity contribution < 1.29 is 33.4 Å². The van der Waals surface area contributed by atoms with Gasteiger partial charge < -0.3 is 29.1 Å². The van der Waals surface area contributed by atoms with E-state index in [0.717, 1.165) is 69.1 Å². The molecule has 0 atom stereocenters. The molecule has 3 aromatic rings. The number of nitrogens with one attached hydrogen (secondary N) is 1. The van der Waals surface area contributed by atoms with Gasteiger partial charge in [0, 0.05) is 36.6 Å². The number of carbonyl (C=O) groups is 2. The fourth-order valence-electron chi connectivity index (χ4n) is 5.12. The molecule has 0 fully saturated rings. The Labute approximate surface area is 289 Å². The molecule has 0 aliphatic carbocycles. The van der Waals surface area contributed by atoms with Gasteiger partial charge >= 0.3 is 0 Å². The molecule has 0 saturated carbocycles. The number of para-hydroxylation sites is 1. The molecule has 0 aromatic heterocycles. The number of aliphatic hydroxyl groups excluding tert-OH is 1. The Bertz CT molecular complexity index is 1300. The molecule has 3 aromatic carbocycles. The average molecular weight is 664 g/mol. The minimum atomic E-state index is -0.220. The highest BCUT2D eigenvalue weighted by Gasteiger charge is 2.23. The van der Waals surface area contributed by atoms with Crippen molar-refractivity contribution in [1.29, 1.82) is 0 Å². The van der Waals surface area contributed by atoms with E-state index in [2.05, 4.69) is 56.9 Å². The van der Waals surface area contributed by atoms with Crippen molar-refractivity contribution in [1.82, 2.24) is 0 Å². The van der Waals surface area contributed by atoms with Crippen LogP contribution in [0.25, 0.3) is 5.76 Å². The number of hydrogen-bond donors (Lipinski definition) is 2. The second-order valence-corrected chi connectivity index (χ2v) is 11.5. The monoisotopic (exact) mass is 663 g/mol. The second-order valence-electron chi connectivity index (χ2n) is 11.5. The number of quaternary nitrogens is 1. The van der Waals surface area contributed by atoms with Crippen LogP contribution in [-0.4, -0.2) is 76.0 Å². The van der Waals surface area contributed by atoms with E-state index < -0.39 is 0 Å². The van der Waals surface area contributed by atoms with Crippen LogP contribution in [0.15, 0.2) is 79.4 Å². The van der Waals surface area contributed by atoms with E-state index in [0.29, 0.717) is 34.9 Å². The molecule has 0 unspecified atom stereocenters. The predicted molar refractivity (Wildman–Crippen MR) is 198 cm³/mol. The first-order valence-electron chi connectivity index (χ1n) is 17.0. The van der Waals surface area contributed by atoms with Crippen LogP contribution in [0.2, 0.25) is 0 Å². The van der Waals surface area contributed by atoms with Gasteiger partial charge in [0.2, 0.25) is 0 Å². The highest BCUT2D eigenvalue weighted by Crippen LogP contribution is 2.21. The van der Waals surface area contributed by atoms with Gasteiger partial charge in [-0.15, -0.1) is 0 Å². The Morgan fingerprint density at radius 3 is 2.04 bits per heavy atom. The van der Waals surface area contributed by atoms with Crippen molar-refractivity contribution >= 4 is 23.6 Å². The second kappa shape index (κ2) is 25.1. The lowest BCUT2D eigenvalue weighted by Crippen LogP contribution is -2.48. The molecule has 0 heterocycles. The zero-order chi connectivity index (χ0) is 35.6. The van der Waals surface area contributed by atoms with E-state index in [-0.39, 0.29) is 5.91 Å². The number of carbonyl (C=O) groups excluding carboxylic acids is 2. The van der Waals surface area contributed by atoms with Gasteiger partial charge in [-0.05, 0) is 56.7 Å². The Morgan fingerprint density at radius 2 is 1.46 bits per heavy atom. The summed E-state index contributed by atoms with van der Waals surface area (Å²) in [5.41, 5.74) is 4.12. The number of methoxy groups -OCH3 is 2. The third kappa shape index (κ3) is 15.3. The van der Waals surface area contributed by atoms with Gasteiger partial charge in [0.25, 0.3) is 5.91 Å². The van der Waals surface area contributed by atoms with Gasteiger partial charge in [-0.2, -0.15) is 0 Å².